The van der Waals surface area contributed by atoms with Crippen molar-refractivity contribution in [3.8, 4) is 0 Å². The molecule has 1 N–H and O–H groups in total. The molecule has 3 rings (SSSR count). The lowest BCUT2D eigenvalue weighted by Crippen LogP contribution is -2.13. The van der Waals surface area contributed by atoms with Crippen molar-refractivity contribution in [2.75, 3.05) is 14.1 Å². The Kier molecular flexibility index (Phi) is 2.41. The van der Waals surface area contributed by atoms with E-state index in [1.807, 2.05) is 30.6 Å². The monoisotopic (exact) mass is 242 g/mol. The van der Waals surface area contributed by atoms with E-state index in [0.717, 1.165) is 17.6 Å². The standard InChI is InChI=1S/C13H14N4O/c1-16(2)8-9-3-4-11-10(7-9)15-13(18)12-14-5-6-17(11)12/h3-7H,8H2,1-2H3,(H,15,18). The van der Waals surface area contributed by atoms with Gasteiger partial charge >= 0.3 is 0 Å². The average Bonchev–Trinajstić information content (AvgIpc) is 2.77. The minimum atomic E-state index is -0.158. The molecule has 2 heterocycles. The number of nitrogens with one attached hydrogen (secondary N) is 1. The fourth-order valence-electron chi connectivity index (χ4n) is 2.20. The first-order valence-electron chi connectivity index (χ1n) is 5.78. The Morgan fingerprint density at radius 3 is 3.00 bits per heavy atom. The number of aromatic nitrogens is 3. The largest absolute Gasteiger partial charge is 0.317 e. The third-order valence-electron chi connectivity index (χ3n) is 2.91. The van der Waals surface area contributed by atoms with Gasteiger partial charge in [-0.2, -0.15) is 0 Å². The SMILES string of the molecule is CN(C)Cc1ccc2c(c1)[nH]c(=O)c1nccn12. The first-order chi connectivity index (χ1) is 8.65. The molecule has 2 aromatic heterocycles. The molecule has 0 radical (unpaired) electrons. The molecule has 0 amide bonds. The van der Waals surface area contributed by atoms with Crippen LogP contribution in [0.3, 0.4) is 0 Å². The van der Waals surface area contributed by atoms with Crippen LogP contribution in [-0.2, 0) is 6.54 Å². The summed E-state index contributed by atoms with van der Waals surface area (Å²) >= 11 is 0. The molecule has 0 bridgehead atoms. The van der Waals surface area contributed by atoms with E-state index in [1.54, 1.807) is 12.4 Å². The van der Waals surface area contributed by atoms with E-state index >= 15 is 0 Å². The molecule has 0 saturated carbocycles. The van der Waals surface area contributed by atoms with Crippen LogP contribution in [0.1, 0.15) is 5.56 Å². The second-order valence-electron chi connectivity index (χ2n) is 4.66. The average molecular weight is 242 g/mol. The number of rotatable bonds is 2. The van der Waals surface area contributed by atoms with Gasteiger partial charge in [-0.3, -0.25) is 9.20 Å². The van der Waals surface area contributed by atoms with E-state index < -0.39 is 0 Å². The maximum Gasteiger partial charge on any atom is 0.292 e. The van der Waals surface area contributed by atoms with E-state index in [-0.39, 0.29) is 5.56 Å². The molecule has 0 aliphatic heterocycles. The second-order valence-corrected chi connectivity index (χ2v) is 4.66. The predicted octanol–water partition coefficient (Wildman–Crippen LogP) is 1.24. The van der Waals surface area contributed by atoms with Gasteiger partial charge in [0.2, 0.25) is 5.65 Å². The van der Waals surface area contributed by atoms with Crippen molar-refractivity contribution in [1.29, 1.82) is 0 Å². The molecule has 0 unspecified atom stereocenters. The highest BCUT2D eigenvalue weighted by atomic mass is 16.1. The minimum absolute atomic E-state index is 0.158. The topological polar surface area (TPSA) is 53.4 Å². The second kappa shape index (κ2) is 3.96. The summed E-state index contributed by atoms with van der Waals surface area (Å²) < 4.78 is 1.81. The summed E-state index contributed by atoms with van der Waals surface area (Å²) in [5.41, 5.74) is 3.24. The quantitative estimate of drug-likeness (QED) is 0.735. The third kappa shape index (κ3) is 1.69. The van der Waals surface area contributed by atoms with Crippen molar-refractivity contribution in [3.05, 3.63) is 46.5 Å². The Labute approximate surface area is 104 Å². The molecular formula is C13H14N4O. The number of nitrogens with zero attached hydrogens (tertiary/aromatic N) is 3. The van der Waals surface area contributed by atoms with Crippen LogP contribution in [0.2, 0.25) is 0 Å². The summed E-state index contributed by atoms with van der Waals surface area (Å²) in [6, 6.07) is 6.09. The highest BCUT2D eigenvalue weighted by Gasteiger charge is 2.06. The van der Waals surface area contributed by atoms with E-state index in [0.29, 0.717) is 5.65 Å². The van der Waals surface area contributed by atoms with Crippen LogP contribution in [0.4, 0.5) is 0 Å². The molecule has 0 spiro atoms. The lowest BCUT2D eigenvalue weighted by molar-refractivity contribution is 0.402. The van der Waals surface area contributed by atoms with Crippen LogP contribution in [0.5, 0.6) is 0 Å². The van der Waals surface area contributed by atoms with Crippen LogP contribution >= 0.6 is 0 Å². The molecule has 0 saturated heterocycles. The van der Waals surface area contributed by atoms with Crippen LogP contribution in [0, 0.1) is 0 Å². The van der Waals surface area contributed by atoms with Crippen molar-refractivity contribution in [3.63, 3.8) is 0 Å². The van der Waals surface area contributed by atoms with Gasteiger partial charge in [-0.1, -0.05) is 6.07 Å². The number of benzene rings is 1. The smallest absolute Gasteiger partial charge is 0.292 e. The molecule has 0 atom stereocenters. The number of imidazole rings is 1. The van der Waals surface area contributed by atoms with Crippen molar-refractivity contribution in [1.82, 2.24) is 19.3 Å². The number of hydrogen-bond acceptors (Lipinski definition) is 3. The summed E-state index contributed by atoms with van der Waals surface area (Å²) in [4.78, 5) is 20.9. The van der Waals surface area contributed by atoms with Gasteiger partial charge in [0.25, 0.3) is 5.56 Å². The Morgan fingerprint density at radius 2 is 2.22 bits per heavy atom. The maximum atomic E-state index is 11.8. The Balaban J connectivity index is 2.28. The molecule has 0 fully saturated rings. The summed E-state index contributed by atoms with van der Waals surface area (Å²) in [6.07, 6.45) is 3.44. The van der Waals surface area contributed by atoms with Gasteiger partial charge in [-0.05, 0) is 31.8 Å². The van der Waals surface area contributed by atoms with Crippen molar-refractivity contribution in [2.24, 2.45) is 0 Å². The van der Waals surface area contributed by atoms with Crippen molar-refractivity contribution >= 4 is 16.7 Å². The molecule has 5 nitrogen and oxygen atoms in total. The maximum absolute atomic E-state index is 11.8. The highest BCUT2D eigenvalue weighted by Crippen LogP contribution is 2.14. The van der Waals surface area contributed by atoms with Crippen molar-refractivity contribution in [2.45, 2.75) is 6.54 Å². The number of H-pyrrole nitrogens is 1. The van der Waals surface area contributed by atoms with Gasteiger partial charge in [0.05, 0.1) is 11.0 Å². The highest BCUT2D eigenvalue weighted by molar-refractivity contribution is 5.78. The third-order valence-corrected chi connectivity index (χ3v) is 2.91. The number of aromatic amines is 1. The zero-order chi connectivity index (χ0) is 12.7. The minimum Gasteiger partial charge on any atom is -0.317 e. The van der Waals surface area contributed by atoms with Crippen LogP contribution in [-0.4, -0.2) is 33.4 Å². The van der Waals surface area contributed by atoms with Gasteiger partial charge in [0, 0.05) is 18.9 Å². The first-order valence-corrected chi connectivity index (χ1v) is 5.78. The van der Waals surface area contributed by atoms with Gasteiger partial charge in [0.1, 0.15) is 0 Å². The van der Waals surface area contributed by atoms with Gasteiger partial charge in [-0.25, -0.2) is 4.98 Å². The zero-order valence-electron chi connectivity index (χ0n) is 10.3. The Morgan fingerprint density at radius 1 is 1.39 bits per heavy atom. The van der Waals surface area contributed by atoms with E-state index in [9.17, 15) is 4.79 Å². The molecule has 92 valence electrons. The van der Waals surface area contributed by atoms with Crippen LogP contribution < -0.4 is 5.56 Å². The summed E-state index contributed by atoms with van der Waals surface area (Å²) in [5, 5.41) is 0. The molecule has 1 aromatic carbocycles. The molecule has 0 aliphatic rings. The normalized spacial score (nSPS) is 11.7. The molecule has 18 heavy (non-hydrogen) atoms. The van der Waals surface area contributed by atoms with Gasteiger partial charge in [0.15, 0.2) is 0 Å². The lowest BCUT2D eigenvalue weighted by Gasteiger charge is -2.10. The van der Waals surface area contributed by atoms with Gasteiger partial charge in [-0.15, -0.1) is 0 Å². The summed E-state index contributed by atoms with van der Waals surface area (Å²) in [7, 11) is 4.04. The van der Waals surface area contributed by atoms with Crippen LogP contribution in [0.25, 0.3) is 16.7 Å². The molecule has 3 aromatic rings. The van der Waals surface area contributed by atoms with Crippen molar-refractivity contribution < 1.29 is 0 Å². The fraction of sp³-hybridized carbons (Fsp3) is 0.231. The molecule has 5 heteroatoms. The lowest BCUT2D eigenvalue weighted by atomic mass is 10.2. The van der Waals surface area contributed by atoms with E-state index in [2.05, 4.69) is 20.9 Å². The van der Waals surface area contributed by atoms with E-state index in [4.69, 9.17) is 0 Å². The Bertz CT molecular complexity index is 769. The van der Waals surface area contributed by atoms with Crippen LogP contribution in [0.15, 0.2) is 35.4 Å². The molecule has 0 aliphatic carbocycles. The fourth-order valence-corrected chi connectivity index (χ4v) is 2.20. The molecular weight excluding hydrogens is 228 g/mol. The Hall–Kier alpha value is -2.14. The van der Waals surface area contributed by atoms with E-state index in [1.165, 1.54) is 5.56 Å². The summed E-state index contributed by atoms with van der Waals surface area (Å²) in [6.45, 7) is 0.847. The first kappa shape index (κ1) is 11.0. The zero-order valence-corrected chi connectivity index (χ0v) is 10.3. The summed E-state index contributed by atoms with van der Waals surface area (Å²) in [5.74, 6) is 0. The number of hydrogen-bond donors (Lipinski definition) is 1. The number of fused-ring (bicyclic) bond motifs is 3. The predicted molar refractivity (Wildman–Crippen MR) is 70.7 cm³/mol. The van der Waals surface area contributed by atoms with Gasteiger partial charge < -0.3 is 9.88 Å².